The molecule has 0 radical (unpaired) electrons. The maximum atomic E-state index is 11.7. The van der Waals surface area contributed by atoms with Gasteiger partial charge in [-0.2, -0.15) is 0 Å². The topological polar surface area (TPSA) is 42.4 Å². The van der Waals surface area contributed by atoms with E-state index in [0.29, 0.717) is 0 Å². The Morgan fingerprint density at radius 2 is 2.07 bits per heavy atom. The summed E-state index contributed by atoms with van der Waals surface area (Å²) in [4.78, 5) is 17.4. The average Bonchev–Trinajstić information content (AvgIpc) is 2.19. The lowest BCUT2D eigenvalue weighted by Crippen LogP contribution is -2.28. The summed E-state index contributed by atoms with van der Waals surface area (Å²) < 4.78 is 4.94. The van der Waals surface area contributed by atoms with Crippen molar-refractivity contribution < 1.29 is 8.98 Å². The highest BCUT2D eigenvalue weighted by molar-refractivity contribution is 7.94. The number of carbonyl (C=O) groups excluding carboxylic acids is 1. The van der Waals surface area contributed by atoms with Crippen molar-refractivity contribution in [3.63, 3.8) is 0 Å². The third kappa shape index (κ3) is 3.21. The molecule has 0 aliphatic rings. The van der Waals surface area contributed by atoms with Crippen LogP contribution in [0.15, 0.2) is 24.5 Å². The first-order valence-electron chi connectivity index (χ1n) is 4.47. The molecule has 1 aromatic heterocycles. The van der Waals surface area contributed by atoms with Gasteiger partial charge in [0.05, 0.1) is 12.0 Å². The molecular weight excluding hydrogens is 212 g/mol. The van der Waals surface area contributed by atoms with Gasteiger partial charge in [-0.3, -0.25) is 9.88 Å². The number of nitrogens with zero attached hydrogens (tertiary/aromatic N) is 2. The van der Waals surface area contributed by atoms with Crippen molar-refractivity contribution >= 4 is 18.0 Å². The number of hydrogen-bond acceptors (Lipinski definition) is 5. The minimum Gasteiger partial charge on any atom is -0.390 e. The molecule has 82 valence electrons. The Morgan fingerprint density at radius 3 is 2.53 bits per heavy atom. The summed E-state index contributed by atoms with van der Waals surface area (Å²) in [5.74, 6) is -0.265. The summed E-state index contributed by atoms with van der Waals surface area (Å²) in [5.41, 5.74) is 0.883. The molecule has 0 saturated carbocycles. The van der Waals surface area contributed by atoms with E-state index in [1.54, 1.807) is 18.6 Å². The maximum absolute atomic E-state index is 11.7. The first-order valence-corrected chi connectivity index (χ1v) is 5.62. The van der Waals surface area contributed by atoms with Crippen LogP contribution in [0.2, 0.25) is 0 Å². The standard InChI is InChI=1S/C10H14N2O2S/c1-12(2)9(10(13)14-15-3)8-4-6-11-7-5-8/h4-7,9H,1-3H3. The molecular formula is C10H14N2O2S. The van der Waals surface area contributed by atoms with E-state index in [4.69, 9.17) is 4.18 Å². The van der Waals surface area contributed by atoms with Crippen LogP contribution in [0.5, 0.6) is 0 Å². The molecule has 0 amide bonds. The van der Waals surface area contributed by atoms with E-state index in [9.17, 15) is 4.79 Å². The van der Waals surface area contributed by atoms with Gasteiger partial charge in [0.15, 0.2) is 0 Å². The number of rotatable bonds is 4. The molecule has 0 saturated heterocycles. The molecule has 1 heterocycles. The fourth-order valence-corrected chi connectivity index (χ4v) is 1.57. The third-order valence-corrected chi connectivity index (χ3v) is 2.26. The van der Waals surface area contributed by atoms with Crippen molar-refractivity contribution in [1.29, 1.82) is 0 Å². The van der Waals surface area contributed by atoms with Crippen LogP contribution in [0, 0.1) is 0 Å². The van der Waals surface area contributed by atoms with E-state index in [2.05, 4.69) is 4.98 Å². The predicted octanol–water partition coefficient (Wildman–Crippen LogP) is 1.51. The lowest BCUT2D eigenvalue weighted by Gasteiger charge is -2.21. The number of carbonyl (C=O) groups is 1. The second kappa shape index (κ2) is 5.72. The van der Waals surface area contributed by atoms with Crippen molar-refractivity contribution in [3.05, 3.63) is 30.1 Å². The molecule has 0 fully saturated rings. The summed E-state index contributed by atoms with van der Waals surface area (Å²) in [6, 6.07) is 3.25. The van der Waals surface area contributed by atoms with E-state index < -0.39 is 0 Å². The molecule has 0 bridgehead atoms. The largest absolute Gasteiger partial charge is 0.390 e. The molecule has 4 nitrogen and oxygen atoms in total. The monoisotopic (exact) mass is 226 g/mol. The second-order valence-electron chi connectivity index (χ2n) is 3.22. The fraction of sp³-hybridized carbons (Fsp3) is 0.400. The Morgan fingerprint density at radius 1 is 1.47 bits per heavy atom. The van der Waals surface area contributed by atoms with E-state index in [-0.39, 0.29) is 12.0 Å². The van der Waals surface area contributed by atoms with Crippen molar-refractivity contribution in [2.45, 2.75) is 6.04 Å². The maximum Gasteiger partial charge on any atom is 0.340 e. The minimum atomic E-state index is -0.375. The van der Waals surface area contributed by atoms with Crippen molar-refractivity contribution in [3.8, 4) is 0 Å². The molecule has 5 heteroatoms. The van der Waals surface area contributed by atoms with Crippen molar-refractivity contribution in [2.75, 3.05) is 20.4 Å². The van der Waals surface area contributed by atoms with E-state index in [1.807, 2.05) is 31.1 Å². The molecule has 15 heavy (non-hydrogen) atoms. The van der Waals surface area contributed by atoms with Crippen LogP contribution in [0.4, 0.5) is 0 Å². The molecule has 1 aromatic rings. The fourth-order valence-electron chi connectivity index (χ4n) is 1.32. The molecule has 0 aromatic carbocycles. The first kappa shape index (κ1) is 12.0. The van der Waals surface area contributed by atoms with Gasteiger partial charge in [-0.15, -0.1) is 0 Å². The van der Waals surface area contributed by atoms with Crippen LogP contribution in [0.25, 0.3) is 0 Å². The van der Waals surface area contributed by atoms with Gasteiger partial charge in [0.1, 0.15) is 6.04 Å². The van der Waals surface area contributed by atoms with Crippen LogP contribution in [-0.4, -0.2) is 36.2 Å². The van der Waals surface area contributed by atoms with Crippen LogP contribution >= 0.6 is 12.0 Å². The van der Waals surface area contributed by atoms with Crippen molar-refractivity contribution in [1.82, 2.24) is 9.88 Å². The number of aromatic nitrogens is 1. The van der Waals surface area contributed by atoms with Crippen LogP contribution in [0.1, 0.15) is 11.6 Å². The summed E-state index contributed by atoms with van der Waals surface area (Å²) in [7, 11) is 3.68. The Hall–Kier alpha value is -1.07. The lowest BCUT2D eigenvalue weighted by molar-refractivity contribution is -0.138. The first-order chi connectivity index (χ1) is 7.16. The molecule has 1 unspecified atom stereocenters. The molecule has 0 aliphatic carbocycles. The SMILES string of the molecule is CSOC(=O)C(c1ccncc1)N(C)C. The summed E-state index contributed by atoms with van der Waals surface area (Å²) >= 11 is 1.06. The number of hydrogen-bond donors (Lipinski definition) is 0. The lowest BCUT2D eigenvalue weighted by atomic mass is 10.1. The molecule has 0 N–H and O–H groups in total. The second-order valence-corrected chi connectivity index (χ2v) is 3.72. The normalized spacial score (nSPS) is 12.5. The Labute approximate surface area is 93.8 Å². The summed E-state index contributed by atoms with van der Waals surface area (Å²) in [5, 5.41) is 0. The van der Waals surface area contributed by atoms with Gasteiger partial charge in [-0.1, -0.05) is 0 Å². The molecule has 1 atom stereocenters. The van der Waals surface area contributed by atoms with Gasteiger partial charge < -0.3 is 4.18 Å². The van der Waals surface area contributed by atoms with E-state index in [1.165, 1.54) is 0 Å². The molecule has 0 aliphatic heterocycles. The highest BCUT2D eigenvalue weighted by Crippen LogP contribution is 2.20. The zero-order chi connectivity index (χ0) is 11.3. The quantitative estimate of drug-likeness (QED) is 0.728. The zero-order valence-electron chi connectivity index (χ0n) is 9.01. The van der Waals surface area contributed by atoms with Crippen LogP contribution < -0.4 is 0 Å². The van der Waals surface area contributed by atoms with Gasteiger partial charge >= 0.3 is 5.97 Å². The zero-order valence-corrected chi connectivity index (χ0v) is 9.82. The summed E-state index contributed by atoms with van der Waals surface area (Å²) in [6.45, 7) is 0. The van der Waals surface area contributed by atoms with Gasteiger partial charge in [0.2, 0.25) is 0 Å². The Bertz CT molecular complexity index is 316. The average molecular weight is 226 g/mol. The highest BCUT2D eigenvalue weighted by Gasteiger charge is 2.24. The molecule has 1 rings (SSSR count). The minimum absolute atomic E-state index is 0.265. The molecule has 0 spiro atoms. The number of likely N-dealkylation sites (N-methyl/N-ethyl adjacent to an activating group) is 1. The smallest absolute Gasteiger partial charge is 0.340 e. The third-order valence-electron chi connectivity index (χ3n) is 1.93. The van der Waals surface area contributed by atoms with Crippen LogP contribution in [0.3, 0.4) is 0 Å². The predicted molar refractivity (Wildman–Crippen MR) is 60.3 cm³/mol. The van der Waals surface area contributed by atoms with Gasteiger partial charge in [-0.05, 0) is 31.8 Å². The summed E-state index contributed by atoms with van der Waals surface area (Å²) in [6.07, 6.45) is 5.05. The van der Waals surface area contributed by atoms with Gasteiger partial charge in [0.25, 0.3) is 0 Å². The van der Waals surface area contributed by atoms with Crippen LogP contribution in [-0.2, 0) is 8.98 Å². The van der Waals surface area contributed by atoms with Gasteiger partial charge in [-0.25, -0.2) is 4.79 Å². The van der Waals surface area contributed by atoms with Gasteiger partial charge in [0, 0.05) is 18.6 Å². The Kier molecular flexibility index (Phi) is 4.58. The number of pyridine rings is 1. The Balaban J connectivity index is 2.88. The highest BCUT2D eigenvalue weighted by atomic mass is 32.2. The van der Waals surface area contributed by atoms with E-state index >= 15 is 0 Å². The van der Waals surface area contributed by atoms with E-state index in [0.717, 1.165) is 17.6 Å². The van der Waals surface area contributed by atoms with Crippen molar-refractivity contribution in [2.24, 2.45) is 0 Å².